The van der Waals surface area contributed by atoms with Crippen LogP contribution in [0.1, 0.15) is 37.0 Å². The summed E-state index contributed by atoms with van der Waals surface area (Å²) >= 11 is 1.27. The Morgan fingerprint density at radius 3 is 2.44 bits per heavy atom. The van der Waals surface area contributed by atoms with E-state index in [4.69, 9.17) is 0 Å². The molecule has 0 atom stereocenters. The van der Waals surface area contributed by atoms with E-state index < -0.39 is 10.0 Å². The second-order valence-electron chi connectivity index (χ2n) is 6.33. The highest BCUT2D eigenvalue weighted by Gasteiger charge is 2.16. The van der Waals surface area contributed by atoms with E-state index >= 15 is 0 Å². The van der Waals surface area contributed by atoms with E-state index in [0.717, 1.165) is 23.5 Å². The molecule has 0 fully saturated rings. The van der Waals surface area contributed by atoms with Crippen molar-refractivity contribution in [2.75, 3.05) is 16.6 Å². The van der Waals surface area contributed by atoms with Crippen LogP contribution in [-0.2, 0) is 10.0 Å². The number of anilines is 2. The van der Waals surface area contributed by atoms with Gasteiger partial charge in [-0.25, -0.2) is 8.42 Å². The molecule has 25 heavy (non-hydrogen) atoms. The maximum absolute atomic E-state index is 12.3. The SMILES string of the molecule is Cc1ccc(S(=O)(=O)Nc2ccc(NCCC3=CCCCC3)cc2)s1. The second-order valence-corrected chi connectivity index (χ2v) is 9.53. The van der Waals surface area contributed by atoms with Gasteiger partial charge in [-0.2, -0.15) is 0 Å². The first-order valence-corrected chi connectivity index (χ1v) is 10.9. The maximum atomic E-state index is 12.3. The van der Waals surface area contributed by atoms with E-state index in [-0.39, 0.29) is 0 Å². The first-order chi connectivity index (χ1) is 12.0. The smallest absolute Gasteiger partial charge is 0.271 e. The lowest BCUT2D eigenvalue weighted by Crippen LogP contribution is -2.11. The van der Waals surface area contributed by atoms with E-state index in [1.165, 1.54) is 37.0 Å². The fraction of sp³-hybridized carbons (Fsp3) is 0.368. The molecule has 2 N–H and O–H groups in total. The van der Waals surface area contributed by atoms with E-state index in [2.05, 4.69) is 16.1 Å². The number of aryl methyl sites for hydroxylation is 1. The minimum Gasteiger partial charge on any atom is -0.385 e. The largest absolute Gasteiger partial charge is 0.385 e. The Morgan fingerprint density at radius 1 is 1.04 bits per heavy atom. The van der Waals surface area contributed by atoms with Gasteiger partial charge >= 0.3 is 0 Å². The third kappa shape index (κ3) is 5.09. The lowest BCUT2D eigenvalue weighted by Gasteiger charge is -2.13. The molecule has 0 saturated heterocycles. The van der Waals surface area contributed by atoms with Crippen molar-refractivity contribution < 1.29 is 8.42 Å². The molecule has 0 aliphatic heterocycles. The van der Waals surface area contributed by atoms with Gasteiger partial charge in [0.2, 0.25) is 0 Å². The molecule has 2 aromatic rings. The van der Waals surface area contributed by atoms with Gasteiger partial charge in [0.15, 0.2) is 0 Å². The van der Waals surface area contributed by atoms with Crippen molar-refractivity contribution in [3.05, 3.63) is 52.9 Å². The van der Waals surface area contributed by atoms with Crippen LogP contribution in [0.25, 0.3) is 0 Å². The lowest BCUT2D eigenvalue weighted by atomic mass is 9.97. The van der Waals surface area contributed by atoms with E-state index in [0.29, 0.717) is 9.90 Å². The van der Waals surface area contributed by atoms with Gasteiger partial charge < -0.3 is 5.32 Å². The highest BCUT2D eigenvalue weighted by molar-refractivity contribution is 7.94. The molecular formula is C19H24N2O2S2. The normalized spacial score (nSPS) is 14.8. The standard InChI is InChI=1S/C19H24N2O2S2/c1-15-7-12-19(24-15)25(22,23)21-18-10-8-17(9-11-18)20-14-13-16-5-3-2-4-6-16/h5,7-12,20-21H,2-4,6,13-14H2,1H3. The van der Waals surface area contributed by atoms with Crippen molar-refractivity contribution >= 4 is 32.7 Å². The molecule has 1 aromatic heterocycles. The Kier molecular flexibility index (Phi) is 5.81. The molecule has 0 spiro atoms. The minimum atomic E-state index is -3.50. The average molecular weight is 377 g/mol. The Labute approximate surface area is 154 Å². The van der Waals surface area contributed by atoms with Crippen molar-refractivity contribution in [1.82, 2.24) is 0 Å². The van der Waals surface area contributed by atoms with Gasteiger partial charge in [-0.05, 0) is 75.4 Å². The number of hydrogen-bond acceptors (Lipinski definition) is 4. The summed E-state index contributed by atoms with van der Waals surface area (Å²) in [5.74, 6) is 0. The summed E-state index contributed by atoms with van der Waals surface area (Å²) in [5.41, 5.74) is 3.13. The van der Waals surface area contributed by atoms with Crippen molar-refractivity contribution in [1.29, 1.82) is 0 Å². The minimum absolute atomic E-state index is 0.341. The molecule has 0 saturated carbocycles. The zero-order valence-electron chi connectivity index (χ0n) is 14.4. The number of rotatable bonds is 7. The number of sulfonamides is 1. The van der Waals surface area contributed by atoms with Gasteiger partial charge in [0.05, 0.1) is 0 Å². The van der Waals surface area contributed by atoms with Crippen LogP contribution in [0.3, 0.4) is 0 Å². The van der Waals surface area contributed by atoms with Gasteiger partial charge in [0.25, 0.3) is 10.0 Å². The van der Waals surface area contributed by atoms with Crippen LogP contribution in [0.2, 0.25) is 0 Å². The van der Waals surface area contributed by atoms with Gasteiger partial charge in [-0.3, -0.25) is 4.72 Å². The number of thiophene rings is 1. The molecule has 0 unspecified atom stereocenters. The molecule has 1 aromatic carbocycles. The van der Waals surface area contributed by atoms with Crippen LogP contribution in [0.4, 0.5) is 11.4 Å². The molecule has 6 heteroatoms. The predicted octanol–water partition coefficient (Wildman–Crippen LogP) is 5.16. The van der Waals surface area contributed by atoms with Crippen molar-refractivity contribution in [3.8, 4) is 0 Å². The molecule has 1 aliphatic carbocycles. The topological polar surface area (TPSA) is 58.2 Å². The lowest BCUT2D eigenvalue weighted by molar-refractivity contribution is 0.603. The van der Waals surface area contributed by atoms with Crippen LogP contribution in [0.15, 0.2) is 52.3 Å². The highest BCUT2D eigenvalue weighted by atomic mass is 32.2. The Hall–Kier alpha value is -1.79. The van der Waals surface area contributed by atoms with Crippen LogP contribution < -0.4 is 10.0 Å². The zero-order valence-corrected chi connectivity index (χ0v) is 16.1. The summed E-state index contributed by atoms with van der Waals surface area (Å²) in [4.78, 5) is 0.980. The van der Waals surface area contributed by atoms with Crippen molar-refractivity contribution in [2.45, 2.75) is 43.2 Å². The number of allylic oxidation sites excluding steroid dienone is 1. The molecule has 4 nitrogen and oxygen atoms in total. The fourth-order valence-electron chi connectivity index (χ4n) is 2.92. The van der Waals surface area contributed by atoms with Crippen molar-refractivity contribution in [3.63, 3.8) is 0 Å². The zero-order chi connectivity index (χ0) is 17.7. The van der Waals surface area contributed by atoms with Gasteiger partial charge in [0.1, 0.15) is 4.21 Å². The van der Waals surface area contributed by atoms with Gasteiger partial charge in [-0.15, -0.1) is 11.3 Å². The fourth-order valence-corrected chi connectivity index (χ4v) is 5.26. The molecule has 1 heterocycles. The summed E-state index contributed by atoms with van der Waals surface area (Å²) in [6.07, 6.45) is 8.52. The quantitative estimate of drug-likeness (QED) is 0.656. The molecule has 0 bridgehead atoms. The van der Waals surface area contributed by atoms with Crippen LogP contribution >= 0.6 is 11.3 Å². The summed E-state index contributed by atoms with van der Waals surface area (Å²) in [6, 6.07) is 10.9. The molecule has 1 aliphatic rings. The summed E-state index contributed by atoms with van der Waals surface area (Å²) in [6.45, 7) is 2.80. The van der Waals surface area contributed by atoms with E-state index in [1.54, 1.807) is 23.8 Å². The molecule has 134 valence electrons. The highest BCUT2D eigenvalue weighted by Crippen LogP contribution is 2.24. The molecule has 0 amide bonds. The van der Waals surface area contributed by atoms with E-state index in [1.807, 2.05) is 25.1 Å². The third-order valence-electron chi connectivity index (χ3n) is 4.28. The summed E-state index contributed by atoms with van der Waals surface area (Å²) in [5, 5.41) is 3.40. The molecule has 3 rings (SSSR count). The monoisotopic (exact) mass is 376 g/mol. The first kappa shape index (κ1) is 18.0. The number of hydrogen-bond donors (Lipinski definition) is 2. The van der Waals surface area contributed by atoms with Crippen LogP contribution in [0, 0.1) is 6.92 Å². The third-order valence-corrected chi connectivity index (χ3v) is 7.15. The molecular weight excluding hydrogens is 352 g/mol. The van der Waals surface area contributed by atoms with E-state index in [9.17, 15) is 8.42 Å². The number of nitrogens with one attached hydrogen (secondary N) is 2. The van der Waals surface area contributed by atoms with Crippen LogP contribution in [0.5, 0.6) is 0 Å². The molecule has 0 radical (unpaired) electrons. The summed E-state index contributed by atoms with van der Waals surface area (Å²) < 4.78 is 27.6. The Balaban J connectivity index is 1.54. The maximum Gasteiger partial charge on any atom is 0.271 e. The predicted molar refractivity (Wildman–Crippen MR) is 106 cm³/mol. The second kappa shape index (κ2) is 8.06. The Morgan fingerprint density at radius 2 is 1.80 bits per heavy atom. The number of benzene rings is 1. The Bertz CT molecular complexity index is 837. The first-order valence-electron chi connectivity index (χ1n) is 8.64. The van der Waals surface area contributed by atoms with Crippen molar-refractivity contribution in [2.24, 2.45) is 0 Å². The average Bonchev–Trinajstić information content (AvgIpc) is 3.05. The van der Waals surface area contributed by atoms with Crippen LogP contribution in [-0.4, -0.2) is 15.0 Å². The summed E-state index contributed by atoms with van der Waals surface area (Å²) in [7, 11) is -3.50. The van der Waals surface area contributed by atoms with Gasteiger partial charge in [0, 0.05) is 22.8 Å². The van der Waals surface area contributed by atoms with Gasteiger partial charge in [-0.1, -0.05) is 11.6 Å².